The normalized spacial score (nSPS) is 10.4. The van der Waals surface area contributed by atoms with Crippen molar-refractivity contribution in [3.8, 4) is 0 Å². The van der Waals surface area contributed by atoms with Gasteiger partial charge in [-0.3, -0.25) is 4.79 Å². The van der Waals surface area contributed by atoms with Gasteiger partial charge in [-0.15, -0.1) is 0 Å². The molecule has 2 rings (SSSR count). The lowest BCUT2D eigenvalue weighted by Gasteiger charge is -2.08. The van der Waals surface area contributed by atoms with E-state index in [9.17, 15) is 13.6 Å². The first-order valence-corrected chi connectivity index (χ1v) is 6.26. The van der Waals surface area contributed by atoms with Crippen molar-refractivity contribution in [2.24, 2.45) is 0 Å². The van der Waals surface area contributed by atoms with Gasteiger partial charge in [0.2, 0.25) is 0 Å². The Hall–Kier alpha value is -2.23. The van der Waals surface area contributed by atoms with E-state index in [1.165, 1.54) is 0 Å². The number of nitrogens with one attached hydrogen (secondary N) is 1. The van der Waals surface area contributed by atoms with Gasteiger partial charge in [0.05, 0.1) is 12.1 Å². The lowest BCUT2D eigenvalue weighted by atomic mass is 10.1. The van der Waals surface area contributed by atoms with Gasteiger partial charge in [0.25, 0.3) is 0 Å². The number of benzene rings is 2. The largest absolute Gasteiger partial charge is 0.378 e. The molecular formula is C16H15F2NO. The molecule has 0 fully saturated rings. The standard InChI is InChI=1S/C16H15F2NO/c1-10-5-11(2)7-13(6-10)19-9-16(20)14-8-12(17)3-4-15(14)18/h3-8,19H,9H2,1-2H3. The average Bonchev–Trinajstić information content (AvgIpc) is 2.38. The van der Waals surface area contributed by atoms with Gasteiger partial charge in [0, 0.05) is 5.69 Å². The van der Waals surface area contributed by atoms with Crippen molar-refractivity contribution in [3.05, 3.63) is 64.7 Å². The van der Waals surface area contributed by atoms with E-state index in [-0.39, 0.29) is 12.1 Å². The Kier molecular flexibility index (Phi) is 4.13. The number of rotatable bonds is 4. The maximum atomic E-state index is 13.5. The molecule has 0 spiro atoms. The van der Waals surface area contributed by atoms with Crippen LogP contribution < -0.4 is 5.32 Å². The molecule has 0 saturated carbocycles. The summed E-state index contributed by atoms with van der Waals surface area (Å²) in [4.78, 5) is 11.9. The number of hydrogen-bond donors (Lipinski definition) is 1. The molecule has 4 heteroatoms. The van der Waals surface area contributed by atoms with Crippen molar-refractivity contribution in [1.29, 1.82) is 0 Å². The molecule has 0 amide bonds. The minimum absolute atomic E-state index is 0.0801. The predicted molar refractivity (Wildman–Crippen MR) is 75.1 cm³/mol. The van der Waals surface area contributed by atoms with Gasteiger partial charge >= 0.3 is 0 Å². The summed E-state index contributed by atoms with van der Waals surface area (Å²) in [5.41, 5.74) is 2.68. The van der Waals surface area contributed by atoms with E-state index in [2.05, 4.69) is 5.32 Å². The summed E-state index contributed by atoms with van der Waals surface area (Å²) >= 11 is 0. The molecule has 0 bridgehead atoms. The molecule has 0 heterocycles. The first-order valence-electron chi connectivity index (χ1n) is 6.26. The molecule has 2 aromatic rings. The number of Topliss-reactive ketones (excluding diaryl/α,β-unsaturated/α-hetero) is 1. The Morgan fingerprint density at radius 3 is 2.35 bits per heavy atom. The van der Waals surface area contributed by atoms with E-state index in [1.807, 2.05) is 32.0 Å². The van der Waals surface area contributed by atoms with Crippen molar-refractivity contribution in [1.82, 2.24) is 0 Å². The van der Waals surface area contributed by atoms with Gasteiger partial charge in [-0.05, 0) is 55.3 Å². The number of ketones is 1. The van der Waals surface area contributed by atoms with Gasteiger partial charge in [0.1, 0.15) is 11.6 Å². The fourth-order valence-electron chi connectivity index (χ4n) is 2.07. The lowest BCUT2D eigenvalue weighted by molar-refractivity contribution is 0.100. The Morgan fingerprint density at radius 2 is 1.70 bits per heavy atom. The van der Waals surface area contributed by atoms with Gasteiger partial charge in [0.15, 0.2) is 5.78 Å². The van der Waals surface area contributed by atoms with E-state index >= 15 is 0 Å². The van der Waals surface area contributed by atoms with Crippen molar-refractivity contribution < 1.29 is 13.6 Å². The van der Waals surface area contributed by atoms with Gasteiger partial charge in [-0.2, -0.15) is 0 Å². The van der Waals surface area contributed by atoms with E-state index < -0.39 is 17.4 Å². The van der Waals surface area contributed by atoms with Crippen LogP contribution in [0, 0.1) is 25.5 Å². The van der Waals surface area contributed by atoms with Gasteiger partial charge in [-0.1, -0.05) is 6.07 Å². The van der Waals surface area contributed by atoms with Crippen LogP contribution in [0.2, 0.25) is 0 Å². The molecular weight excluding hydrogens is 260 g/mol. The van der Waals surface area contributed by atoms with Crippen molar-refractivity contribution in [3.63, 3.8) is 0 Å². The minimum Gasteiger partial charge on any atom is -0.378 e. The zero-order chi connectivity index (χ0) is 14.7. The third-order valence-electron chi connectivity index (χ3n) is 2.90. The Bertz CT molecular complexity index is 633. The van der Waals surface area contributed by atoms with Crippen LogP contribution in [0.5, 0.6) is 0 Å². The highest BCUT2D eigenvalue weighted by atomic mass is 19.1. The maximum absolute atomic E-state index is 13.5. The molecule has 0 radical (unpaired) electrons. The first-order chi connectivity index (χ1) is 9.45. The van der Waals surface area contributed by atoms with E-state index in [0.717, 1.165) is 35.0 Å². The highest BCUT2D eigenvalue weighted by molar-refractivity contribution is 5.99. The van der Waals surface area contributed by atoms with Crippen molar-refractivity contribution in [2.45, 2.75) is 13.8 Å². The molecule has 2 nitrogen and oxygen atoms in total. The highest BCUT2D eigenvalue weighted by Gasteiger charge is 2.12. The summed E-state index contributed by atoms with van der Waals surface area (Å²) in [5.74, 6) is -1.82. The number of hydrogen-bond acceptors (Lipinski definition) is 2. The number of aryl methyl sites for hydroxylation is 2. The predicted octanol–water partition coefficient (Wildman–Crippen LogP) is 3.88. The van der Waals surface area contributed by atoms with Crippen molar-refractivity contribution >= 4 is 11.5 Å². The molecule has 0 unspecified atom stereocenters. The third-order valence-corrected chi connectivity index (χ3v) is 2.90. The SMILES string of the molecule is Cc1cc(C)cc(NCC(=O)c2cc(F)ccc2F)c1. The van der Waals surface area contributed by atoms with Crippen LogP contribution in [0.25, 0.3) is 0 Å². The molecule has 104 valence electrons. The lowest BCUT2D eigenvalue weighted by Crippen LogP contribution is -2.15. The van der Waals surface area contributed by atoms with Crippen LogP contribution in [-0.4, -0.2) is 12.3 Å². The molecule has 0 saturated heterocycles. The van der Waals surface area contributed by atoms with Gasteiger partial charge < -0.3 is 5.32 Å². The van der Waals surface area contributed by atoms with Crippen LogP contribution in [0.3, 0.4) is 0 Å². The molecule has 0 aliphatic heterocycles. The average molecular weight is 275 g/mol. The fourth-order valence-corrected chi connectivity index (χ4v) is 2.07. The summed E-state index contributed by atoms with van der Waals surface area (Å²) in [6.07, 6.45) is 0. The Balaban J connectivity index is 2.10. The van der Waals surface area contributed by atoms with Crippen molar-refractivity contribution in [2.75, 3.05) is 11.9 Å². The third kappa shape index (κ3) is 3.41. The quantitative estimate of drug-likeness (QED) is 0.858. The summed E-state index contributed by atoms with van der Waals surface area (Å²) in [6.45, 7) is 3.82. The van der Waals surface area contributed by atoms with Crippen LogP contribution >= 0.6 is 0 Å². The molecule has 20 heavy (non-hydrogen) atoms. The van der Waals surface area contributed by atoms with Crippen LogP contribution in [0.4, 0.5) is 14.5 Å². The second-order valence-electron chi connectivity index (χ2n) is 4.78. The molecule has 0 aliphatic rings. The van der Waals surface area contributed by atoms with Crippen LogP contribution in [0.1, 0.15) is 21.5 Å². The molecule has 0 atom stereocenters. The second-order valence-corrected chi connectivity index (χ2v) is 4.78. The Morgan fingerprint density at radius 1 is 1.05 bits per heavy atom. The van der Waals surface area contributed by atoms with Gasteiger partial charge in [-0.25, -0.2) is 8.78 Å². The topological polar surface area (TPSA) is 29.1 Å². The maximum Gasteiger partial charge on any atom is 0.184 e. The number of anilines is 1. The summed E-state index contributed by atoms with van der Waals surface area (Å²) in [6, 6.07) is 8.66. The molecule has 0 aromatic heterocycles. The van der Waals surface area contributed by atoms with Crippen LogP contribution in [0.15, 0.2) is 36.4 Å². The number of halogens is 2. The molecule has 1 N–H and O–H groups in total. The minimum atomic E-state index is -0.710. The Labute approximate surface area is 116 Å². The second kappa shape index (κ2) is 5.82. The van der Waals surface area contributed by atoms with E-state index in [4.69, 9.17) is 0 Å². The fraction of sp³-hybridized carbons (Fsp3) is 0.188. The molecule has 0 aliphatic carbocycles. The molecule has 2 aromatic carbocycles. The number of carbonyl (C=O) groups excluding carboxylic acids is 1. The zero-order valence-corrected chi connectivity index (χ0v) is 11.3. The van der Waals surface area contributed by atoms with E-state index in [0.29, 0.717) is 0 Å². The summed E-state index contributed by atoms with van der Waals surface area (Å²) in [5, 5.41) is 2.93. The summed E-state index contributed by atoms with van der Waals surface area (Å²) in [7, 11) is 0. The monoisotopic (exact) mass is 275 g/mol. The number of carbonyl (C=O) groups is 1. The summed E-state index contributed by atoms with van der Waals surface area (Å²) < 4.78 is 26.5. The highest BCUT2D eigenvalue weighted by Crippen LogP contribution is 2.15. The van der Waals surface area contributed by atoms with Crippen LogP contribution in [-0.2, 0) is 0 Å². The zero-order valence-electron chi connectivity index (χ0n) is 11.3. The first kappa shape index (κ1) is 14.2. The smallest absolute Gasteiger partial charge is 0.184 e. The van der Waals surface area contributed by atoms with E-state index in [1.54, 1.807) is 0 Å².